The molecule has 0 amide bonds. The second-order valence-electron chi connectivity index (χ2n) is 6.76. The SMILES string of the molecule is CN=C(NCc1ccc(S(=O)(=O)NC)cc1)NCC(C)COCc1ccccc1. The first kappa shape index (κ1) is 22.9. The van der Waals surface area contributed by atoms with Crippen LogP contribution in [0.4, 0.5) is 0 Å². The van der Waals surface area contributed by atoms with Gasteiger partial charge in [-0.1, -0.05) is 49.4 Å². The summed E-state index contributed by atoms with van der Waals surface area (Å²) in [4.78, 5) is 4.47. The van der Waals surface area contributed by atoms with E-state index in [1.165, 1.54) is 12.6 Å². The van der Waals surface area contributed by atoms with Gasteiger partial charge in [0, 0.05) is 20.1 Å². The quantitative estimate of drug-likeness (QED) is 0.406. The summed E-state index contributed by atoms with van der Waals surface area (Å²) >= 11 is 0. The van der Waals surface area contributed by atoms with E-state index in [0.717, 1.165) is 12.1 Å². The van der Waals surface area contributed by atoms with Crippen LogP contribution in [0.2, 0.25) is 0 Å². The molecule has 0 aliphatic rings. The molecule has 0 saturated heterocycles. The minimum atomic E-state index is -3.41. The van der Waals surface area contributed by atoms with E-state index in [1.54, 1.807) is 31.3 Å². The van der Waals surface area contributed by atoms with Crippen LogP contribution in [0, 0.1) is 5.92 Å². The van der Waals surface area contributed by atoms with E-state index in [9.17, 15) is 8.42 Å². The molecule has 0 aliphatic carbocycles. The molecule has 2 rings (SSSR count). The first-order chi connectivity index (χ1) is 13.9. The fraction of sp³-hybridized carbons (Fsp3) is 0.381. The summed E-state index contributed by atoms with van der Waals surface area (Å²) in [6, 6.07) is 16.8. The van der Waals surface area contributed by atoms with Gasteiger partial charge in [-0.2, -0.15) is 0 Å². The van der Waals surface area contributed by atoms with Crippen molar-refractivity contribution in [2.45, 2.75) is 25.0 Å². The highest BCUT2D eigenvalue weighted by molar-refractivity contribution is 7.89. The highest BCUT2D eigenvalue weighted by Gasteiger charge is 2.10. The smallest absolute Gasteiger partial charge is 0.240 e. The average molecular weight is 419 g/mol. The fourth-order valence-corrected chi connectivity index (χ4v) is 3.32. The molecule has 0 aromatic heterocycles. The predicted molar refractivity (Wildman–Crippen MR) is 116 cm³/mol. The van der Waals surface area contributed by atoms with Crippen molar-refractivity contribution < 1.29 is 13.2 Å². The van der Waals surface area contributed by atoms with Crippen LogP contribution in [0.5, 0.6) is 0 Å². The highest BCUT2D eigenvalue weighted by Crippen LogP contribution is 2.10. The molecule has 158 valence electrons. The maximum Gasteiger partial charge on any atom is 0.240 e. The van der Waals surface area contributed by atoms with Crippen LogP contribution >= 0.6 is 0 Å². The molecule has 2 aromatic carbocycles. The number of sulfonamides is 1. The van der Waals surface area contributed by atoms with Crippen molar-refractivity contribution in [1.29, 1.82) is 0 Å². The molecule has 0 fully saturated rings. The second-order valence-corrected chi connectivity index (χ2v) is 8.65. The monoisotopic (exact) mass is 418 g/mol. The minimum absolute atomic E-state index is 0.246. The maximum atomic E-state index is 11.8. The Kier molecular flexibility index (Phi) is 9.11. The topological polar surface area (TPSA) is 91.8 Å². The van der Waals surface area contributed by atoms with Crippen LogP contribution in [0.15, 0.2) is 64.5 Å². The first-order valence-electron chi connectivity index (χ1n) is 9.53. The Bertz CT molecular complexity index is 869. The van der Waals surface area contributed by atoms with E-state index < -0.39 is 10.0 Å². The van der Waals surface area contributed by atoms with Gasteiger partial charge in [-0.25, -0.2) is 13.1 Å². The number of aliphatic imine (C=N–C) groups is 1. The Morgan fingerprint density at radius 1 is 1.03 bits per heavy atom. The third kappa shape index (κ3) is 7.84. The standard InChI is InChI=1S/C21H30N4O3S/c1-17(15-28-16-19-7-5-4-6-8-19)13-24-21(22-2)25-14-18-9-11-20(12-10-18)29(26,27)23-3/h4-12,17,23H,13-16H2,1-3H3,(H2,22,24,25). The zero-order chi connectivity index (χ0) is 21.1. The van der Waals surface area contributed by atoms with Crippen LogP contribution in [0.1, 0.15) is 18.1 Å². The number of nitrogens with one attached hydrogen (secondary N) is 3. The third-order valence-electron chi connectivity index (χ3n) is 4.32. The Balaban J connectivity index is 1.72. The van der Waals surface area contributed by atoms with Crippen molar-refractivity contribution >= 4 is 16.0 Å². The molecular formula is C21H30N4O3S. The summed E-state index contributed by atoms with van der Waals surface area (Å²) in [5.74, 6) is 1.01. The lowest BCUT2D eigenvalue weighted by molar-refractivity contribution is 0.0931. The van der Waals surface area contributed by atoms with Gasteiger partial charge >= 0.3 is 0 Å². The van der Waals surface area contributed by atoms with Gasteiger partial charge in [0.15, 0.2) is 5.96 Å². The Morgan fingerprint density at radius 3 is 2.34 bits per heavy atom. The van der Waals surface area contributed by atoms with Gasteiger partial charge in [-0.15, -0.1) is 0 Å². The van der Waals surface area contributed by atoms with Crippen molar-refractivity contribution in [1.82, 2.24) is 15.4 Å². The van der Waals surface area contributed by atoms with Crippen molar-refractivity contribution in [3.8, 4) is 0 Å². The fourth-order valence-electron chi connectivity index (χ4n) is 2.59. The summed E-state index contributed by atoms with van der Waals surface area (Å²) in [6.45, 7) is 4.65. The van der Waals surface area contributed by atoms with Gasteiger partial charge in [0.05, 0.1) is 18.1 Å². The molecule has 7 nitrogen and oxygen atoms in total. The van der Waals surface area contributed by atoms with Crippen molar-refractivity contribution in [2.75, 3.05) is 27.2 Å². The molecule has 3 N–H and O–H groups in total. The van der Waals surface area contributed by atoms with Gasteiger partial charge in [-0.05, 0) is 36.2 Å². The van der Waals surface area contributed by atoms with Gasteiger partial charge in [0.1, 0.15) is 0 Å². The lowest BCUT2D eigenvalue weighted by Gasteiger charge is -2.16. The van der Waals surface area contributed by atoms with E-state index in [2.05, 4.69) is 39.4 Å². The van der Waals surface area contributed by atoms with E-state index in [-0.39, 0.29) is 4.90 Å². The molecule has 0 aliphatic heterocycles. The number of nitrogens with zero attached hydrogens (tertiary/aromatic N) is 1. The molecule has 8 heteroatoms. The van der Waals surface area contributed by atoms with E-state index >= 15 is 0 Å². The molecule has 1 atom stereocenters. The Morgan fingerprint density at radius 2 is 1.72 bits per heavy atom. The number of guanidine groups is 1. The number of benzene rings is 2. The van der Waals surface area contributed by atoms with Gasteiger partial charge in [-0.3, -0.25) is 4.99 Å². The molecular weight excluding hydrogens is 388 g/mol. The summed E-state index contributed by atoms with van der Waals surface area (Å²) in [5, 5.41) is 6.51. The number of hydrogen-bond donors (Lipinski definition) is 3. The molecule has 0 bridgehead atoms. The lowest BCUT2D eigenvalue weighted by Crippen LogP contribution is -2.39. The molecule has 0 radical (unpaired) electrons. The van der Waals surface area contributed by atoms with Crippen molar-refractivity contribution in [2.24, 2.45) is 10.9 Å². The van der Waals surface area contributed by atoms with Gasteiger partial charge in [0.2, 0.25) is 10.0 Å². The zero-order valence-electron chi connectivity index (χ0n) is 17.2. The summed E-state index contributed by atoms with van der Waals surface area (Å²) in [7, 11) is -0.299. The second kappa shape index (κ2) is 11.5. The predicted octanol–water partition coefficient (Wildman–Crippen LogP) is 2.11. The molecule has 2 aromatic rings. The first-order valence-corrected chi connectivity index (χ1v) is 11.0. The molecule has 1 unspecified atom stereocenters. The van der Waals surface area contributed by atoms with Gasteiger partial charge < -0.3 is 15.4 Å². The summed E-state index contributed by atoms with van der Waals surface area (Å²) in [6.07, 6.45) is 0. The van der Waals surface area contributed by atoms with Crippen molar-refractivity contribution in [3.05, 3.63) is 65.7 Å². The highest BCUT2D eigenvalue weighted by atomic mass is 32.2. The van der Waals surface area contributed by atoms with Gasteiger partial charge in [0.25, 0.3) is 0 Å². The average Bonchev–Trinajstić information content (AvgIpc) is 2.75. The van der Waals surface area contributed by atoms with Crippen LogP contribution in [0.25, 0.3) is 0 Å². The van der Waals surface area contributed by atoms with E-state index in [4.69, 9.17) is 4.74 Å². The summed E-state index contributed by atoms with van der Waals surface area (Å²) < 4.78 is 31.6. The normalized spacial score (nSPS) is 13.1. The number of rotatable bonds is 10. The molecule has 0 saturated carbocycles. The van der Waals surface area contributed by atoms with E-state index in [0.29, 0.717) is 31.6 Å². The van der Waals surface area contributed by atoms with Crippen molar-refractivity contribution in [3.63, 3.8) is 0 Å². The van der Waals surface area contributed by atoms with Crippen LogP contribution in [-0.2, 0) is 27.9 Å². The Labute approximate surface area is 173 Å². The van der Waals surface area contributed by atoms with Crippen LogP contribution in [-0.4, -0.2) is 41.6 Å². The lowest BCUT2D eigenvalue weighted by atomic mass is 10.2. The van der Waals surface area contributed by atoms with Crippen LogP contribution in [0.3, 0.4) is 0 Å². The summed E-state index contributed by atoms with van der Waals surface area (Å²) in [5.41, 5.74) is 2.13. The van der Waals surface area contributed by atoms with E-state index in [1.807, 2.05) is 18.2 Å². The molecule has 0 spiro atoms. The molecule has 0 heterocycles. The number of hydrogen-bond acceptors (Lipinski definition) is 4. The zero-order valence-corrected chi connectivity index (χ0v) is 18.0. The largest absolute Gasteiger partial charge is 0.376 e. The third-order valence-corrected chi connectivity index (χ3v) is 5.75. The Hall–Kier alpha value is -2.42. The molecule has 29 heavy (non-hydrogen) atoms. The minimum Gasteiger partial charge on any atom is -0.376 e. The van der Waals surface area contributed by atoms with Crippen LogP contribution < -0.4 is 15.4 Å². The maximum absolute atomic E-state index is 11.8. The number of ether oxygens (including phenoxy) is 1.